The van der Waals surface area contributed by atoms with Crippen LogP contribution in [0.15, 0.2) is 54.7 Å². The molecule has 0 fully saturated rings. The van der Waals surface area contributed by atoms with E-state index < -0.39 is 11.7 Å². The number of rotatable bonds is 9. The minimum absolute atomic E-state index is 0.00358. The van der Waals surface area contributed by atoms with Gasteiger partial charge in [0, 0.05) is 24.3 Å². The van der Waals surface area contributed by atoms with Gasteiger partial charge in [0.25, 0.3) is 0 Å². The zero-order valence-electron chi connectivity index (χ0n) is 18.1. The Kier molecular flexibility index (Phi) is 8.40. The zero-order chi connectivity index (χ0) is 24.0. The highest BCUT2D eigenvalue weighted by Gasteiger charge is 2.35. The SMILES string of the molecule is CN(C)CCC(CNc1nc(Nc2ccc(Cl)c(Cl)c2)ncc1C(F)(F)F)c1ccccc1. The van der Waals surface area contributed by atoms with Crippen molar-refractivity contribution >= 4 is 40.7 Å². The van der Waals surface area contributed by atoms with Crippen LogP contribution in [0.2, 0.25) is 10.0 Å². The smallest absolute Gasteiger partial charge is 0.369 e. The first-order chi connectivity index (χ1) is 15.6. The standard InChI is InChI=1S/C23H24Cl2F3N5/c1-33(2)11-10-16(15-6-4-3-5-7-15)13-29-21-18(23(26,27)28)14-30-22(32-21)31-17-8-9-19(24)20(25)12-17/h3-9,12,14,16H,10-11,13H2,1-2H3,(H2,29,30,31,32). The van der Waals surface area contributed by atoms with Gasteiger partial charge in [0.2, 0.25) is 5.95 Å². The molecule has 176 valence electrons. The van der Waals surface area contributed by atoms with Crippen molar-refractivity contribution < 1.29 is 13.2 Å². The van der Waals surface area contributed by atoms with Gasteiger partial charge in [0.15, 0.2) is 0 Å². The molecule has 0 aliphatic heterocycles. The van der Waals surface area contributed by atoms with Crippen molar-refractivity contribution in [3.05, 3.63) is 75.9 Å². The molecule has 0 aliphatic carbocycles. The summed E-state index contributed by atoms with van der Waals surface area (Å²) in [6.07, 6.45) is -3.06. The van der Waals surface area contributed by atoms with E-state index in [4.69, 9.17) is 23.2 Å². The summed E-state index contributed by atoms with van der Waals surface area (Å²) in [6.45, 7) is 1.07. The van der Waals surface area contributed by atoms with Crippen molar-refractivity contribution in [2.45, 2.75) is 18.5 Å². The Hall–Kier alpha value is -2.55. The summed E-state index contributed by atoms with van der Waals surface area (Å²) >= 11 is 11.9. The first-order valence-electron chi connectivity index (χ1n) is 10.2. The second kappa shape index (κ2) is 11.0. The zero-order valence-corrected chi connectivity index (χ0v) is 19.6. The van der Waals surface area contributed by atoms with E-state index in [1.165, 1.54) is 0 Å². The van der Waals surface area contributed by atoms with E-state index in [1.807, 2.05) is 49.3 Å². The highest BCUT2D eigenvalue weighted by Crippen LogP contribution is 2.35. The van der Waals surface area contributed by atoms with Gasteiger partial charge < -0.3 is 15.5 Å². The Labute approximate surface area is 201 Å². The molecule has 3 aromatic rings. The quantitative estimate of drug-likeness (QED) is 0.344. The van der Waals surface area contributed by atoms with Gasteiger partial charge in [-0.05, 0) is 50.8 Å². The summed E-state index contributed by atoms with van der Waals surface area (Å²) < 4.78 is 40.9. The van der Waals surface area contributed by atoms with Crippen LogP contribution >= 0.6 is 23.2 Å². The predicted octanol–water partition coefficient (Wildman–Crippen LogP) is 6.69. The Morgan fingerprint density at radius 2 is 1.76 bits per heavy atom. The van der Waals surface area contributed by atoms with Crippen LogP contribution in [0.5, 0.6) is 0 Å². The molecule has 1 unspecified atom stereocenters. The topological polar surface area (TPSA) is 53.1 Å². The van der Waals surface area contributed by atoms with Crippen LogP contribution in [-0.2, 0) is 6.18 Å². The predicted molar refractivity (Wildman–Crippen MR) is 128 cm³/mol. The molecule has 3 rings (SSSR count). The normalized spacial score (nSPS) is 12.6. The van der Waals surface area contributed by atoms with E-state index in [9.17, 15) is 13.2 Å². The molecule has 2 aromatic carbocycles. The summed E-state index contributed by atoms with van der Waals surface area (Å²) in [5, 5.41) is 6.45. The number of nitrogens with one attached hydrogen (secondary N) is 2. The maximum absolute atomic E-state index is 13.6. The van der Waals surface area contributed by atoms with Gasteiger partial charge in [-0.2, -0.15) is 18.2 Å². The average molecular weight is 498 g/mol. The molecule has 1 atom stereocenters. The summed E-state index contributed by atoms with van der Waals surface area (Å²) in [4.78, 5) is 9.98. The first kappa shape index (κ1) is 25.1. The number of alkyl halides is 3. The monoisotopic (exact) mass is 497 g/mol. The number of halogens is 5. The highest BCUT2D eigenvalue weighted by molar-refractivity contribution is 6.42. The fourth-order valence-corrected chi connectivity index (χ4v) is 3.53. The van der Waals surface area contributed by atoms with Crippen LogP contribution in [-0.4, -0.2) is 42.1 Å². The minimum Gasteiger partial charge on any atom is -0.369 e. The number of benzene rings is 2. The van der Waals surface area contributed by atoms with Crippen molar-refractivity contribution in [3.63, 3.8) is 0 Å². The number of hydrogen-bond donors (Lipinski definition) is 2. The van der Waals surface area contributed by atoms with E-state index in [0.29, 0.717) is 15.7 Å². The van der Waals surface area contributed by atoms with Gasteiger partial charge in [0.05, 0.1) is 10.0 Å². The molecule has 0 radical (unpaired) electrons. The van der Waals surface area contributed by atoms with Crippen LogP contribution in [0.1, 0.15) is 23.5 Å². The van der Waals surface area contributed by atoms with Gasteiger partial charge in [0.1, 0.15) is 11.4 Å². The van der Waals surface area contributed by atoms with Crippen molar-refractivity contribution in [2.75, 3.05) is 37.8 Å². The van der Waals surface area contributed by atoms with E-state index in [2.05, 4.69) is 20.6 Å². The largest absolute Gasteiger partial charge is 0.421 e. The van der Waals surface area contributed by atoms with Crippen molar-refractivity contribution in [1.82, 2.24) is 14.9 Å². The third-order valence-electron chi connectivity index (χ3n) is 4.98. The second-order valence-electron chi connectivity index (χ2n) is 7.79. The lowest BCUT2D eigenvalue weighted by Crippen LogP contribution is -2.22. The first-order valence-corrected chi connectivity index (χ1v) is 11.0. The molecule has 0 amide bonds. The Morgan fingerprint density at radius 3 is 2.39 bits per heavy atom. The van der Waals surface area contributed by atoms with Gasteiger partial charge >= 0.3 is 6.18 Å². The van der Waals surface area contributed by atoms with Crippen LogP contribution in [0.25, 0.3) is 0 Å². The summed E-state index contributed by atoms with van der Waals surface area (Å²) in [6, 6.07) is 14.5. The average Bonchev–Trinajstić information content (AvgIpc) is 2.76. The fourth-order valence-electron chi connectivity index (χ4n) is 3.23. The molecule has 0 bridgehead atoms. The number of nitrogens with zero attached hydrogens (tertiary/aromatic N) is 3. The molecule has 5 nitrogen and oxygen atoms in total. The molecule has 0 saturated carbocycles. The lowest BCUT2D eigenvalue weighted by atomic mass is 9.95. The number of anilines is 3. The van der Waals surface area contributed by atoms with Gasteiger partial charge in [-0.25, -0.2) is 4.98 Å². The van der Waals surface area contributed by atoms with Crippen LogP contribution < -0.4 is 10.6 Å². The van der Waals surface area contributed by atoms with E-state index in [-0.39, 0.29) is 24.2 Å². The van der Waals surface area contributed by atoms with Crippen molar-refractivity contribution in [1.29, 1.82) is 0 Å². The minimum atomic E-state index is -4.60. The molecule has 0 spiro atoms. The molecule has 0 saturated heterocycles. The summed E-state index contributed by atoms with van der Waals surface area (Å²) in [7, 11) is 3.92. The number of aromatic nitrogens is 2. The maximum Gasteiger partial charge on any atom is 0.421 e. The lowest BCUT2D eigenvalue weighted by molar-refractivity contribution is -0.137. The van der Waals surface area contributed by atoms with Gasteiger partial charge in [-0.15, -0.1) is 0 Å². The van der Waals surface area contributed by atoms with Gasteiger partial charge in [-0.1, -0.05) is 53.5 Å². The van der Waals surface area contributed by atoms with Crippen molar-refractivity contribution in [2.24, 2.45) is 0 Å². The second-order valence-corrected chi connectivity index (χ2v) is 8.60. The third kappa shape index (κ3) is 7.22. The van der Waals surface area contributed by atoms with E-state index in [1.54, 1.807) is 18.2 Å². The lowest BCUT2D eigenvalue weighted by Gasteiger charge is -2.22. The molecule has 33 heavy (non-hydrogen) atoms. The third-order valence-corrected chi connectivity index (χ3v) is 5.72. The van der Waals surface area contributed by atoms with E-state index >= 15 is 0 Å². The van der Waals surface area contributed by atoms with Crippen LogP contribution in [0.3, 0.4) is 0 Å². The molecular formula is C23H24Cl2F3N5. The van der Waals surface area contributed by atoms with Crippen LogP contribution in [0.4, 0.5) is 30.6 Å². The Balaban J connectivity index is 1.85. The fraction of sp³-hybridized carbons (Fsp3) is 0.304. The van der Waals surface area contributed by atoms with E-state index in [0.717, 1.165) is 24.7 Å². The molecule has 1 aromatic heterocycles. The molecule has 1 heterocycles. The number of hydrogen-bond acceptors (Lipinski definition) is 5. The summed E-state index contributed by atoms with van der Waals surface area (Å²) in [5.41, 5.74) is 0.619. The molecular weight excluding hydrogens is 474 g/mol. The molecule has 10 heteroatoms. The Morgan fingerprint density at radius 1 is 1.03 bits per heavy atom. The van der Waals surface area contributed by atoms with Crippen LogP contribution in [0, 0.1) is 0 Å². The maximum atomic E-state index is 13.6. The molecule has 0 aliphatic rings. The van der Waals surface area contributed by atoms with Gasteiger partial charge in [-0.3, -0.25) is 0 Å². The Bertz CT molecular complexity index is 1060. The highest BCUT2D eigenvalue weighted by atomic mass is 35.5. The van der Waals surface area contributed by atoms with Crippen molar-refractivity contribution in [3.8, 4) is 0 Å². The summed E-state index contributed by atoms with van der Waals surface area (Å²) in [5.74, 6) is -0.282. The molecule has 2 N–H and O–H groups in total.